The van der Waals surface area contributed by atoms with Crippen molar-refractivity contribution in [2.24, 2.45) is 5.92 Å². The molecule has 2 saturated carbocycles. The van der Waals surface area contributed by atoms with Gasteiger partial charge in [-0.05, 0) is 24.8 Å². The fourth-order valence-corrected chi connectivity index (χ4v) is 4.06. The average Bonchev–Trinajstić information content (AvgIpc) is 3.51. The summed E-state index contributed by atoms with van der Waals surface area (Å²) in [4.78, 5) is 24.2. The normalized spacial score (nSPS) is 25.2. The van der Waals surface area contributed by atoms with E-state index in [1.165, 1.54) is 24.2 Å². The summed E-state index contributed by atoms with van der Waals surface area (Å²) in [5.74, 6) is -1.16. The van der Waals surface area contributed by atoms with Crippen LogP contribution in [0.3, 0.4) is 0 Å². The zero-order valence-corrected chi connectivity index (χ0v) is 13.8. The Balaban J connectivity index is 1.42. The van der Waals surface area contributed by atoms with Crippen LogP contribution in [-0.2, 0) is 21.5 Å². The summed E-state index contributed by atoms with van der Waals surface area (Å²) in [5.41, 5.74) is -0.407. The third kappa shape index (κ3) is 2.58. The van der Waals surface area contributed by atoms with Crippen molar-refractivity contribution in [1.29, 1.82) is 0 Å². The molecular formula is C17H17N3O3S. The fourth-order valence-electron chi connectivity index (χ4n) is 3.11. The van der Waals surface area contributed by atoms with Crippen LogP contribution in [0.25, 0.3) is 0 Å². The molecule has 0 bridgehead atoms. The number of amides is 1. The second kappa shape index (κ2) is 5.66. The average molecular weight is 343 g/mol. The first-order chi connectivity index (χ1) is 11.6. The van der Waals surface area contributed by atoms with Gasteiger partial charge in [-0.3, -0.25) is 9.59 Å². The SMILES string of the molecule is O=C(NCc1nnc(C2CC2)s1)[C@H]1C[C@]1(C(=O)O)c1ccccc1. The zero-order chi connectivity index (χ0) is 16.7. The molecule has 2 aliphatic carbocycles. The van der Waals surface area contributed by atoms with E-state index in [0.717, 1.165) is 10.0 Å². The summed E-state index contributed by atoms with van der Waals surface area (Å²) in [6, 6.07) is 8.98. The predicted molar refractivity (Wildman–Crippen MR) is 87.6 cm³/mol. The van der Waals surface area contributed by atoms with Gasteiger partial charge in [0.1, 0.15) is 15.4 Å². The standard InChI is InChI=1S/C17H17N3O3S/c21-14(18-9-13-19-20-15(24-13)10-6-7-10)12-8-17(12,16(22)23)11-4-2-1-3-5-11/h1-5,10,12H,6-9H2,(H,18,21)(H,22,23)/t12-,17+/m1/s1. The van der Waals surface area contributed by atoms with Crippen molar-refractivity contribution in [3.63, 3.8) is 0 Å². The highest BCUT2D eigenvalue weighted by Gasteiger charge is 2.65. The maximum absolute atomic E-state index is 12.4. The molecule has 1 amide bonds. The molecule has 0 aliphatic heterocycles. The minimum atomic E-state index is -1.09. The Morgan fingerprint density at radius 1 is 1.25 bits per heavy atom. The van der Waals surface area contributed by atoms with Crippen LogP contribution in [0.15, 0.2) is 30.3 Å². The Morgan fingerprint density at radius 3 is 2.67 bits per heavy atom. The van der Waals surface area contributed by atoms with Crippen LogP contribution in [0.4, 0.5) is 0 Å². The topological polar surface area (TPSA) is 92.2 Å². The monoisotopic (exact) mass is 343 g/mol. The van der Waals surface area contributed by atoms with Crippen molar-refractivity contribution in [1.82, 2.24) is 15.5 Å². The number of aliphatic carboxylic acids is 1. The summed E-state index contributed by atoms with van der Waals surface area (Å²) in [5, 5.41) is 22.5. The van der Waals surface area contributed by atoms with E-state index in [0.29, 0.717) is 24.4 Å². The van der Waals surface area contributed by atoms with Crippen LogP contribution in [-0.4, -0.2) is 27.2 Å². The van der Waals surface area contributed by atoms with Gasteiger partial charge < -0.3 is 10.4 Å². The molecule has 1 aromatic heterocycles. The Hall–Kier alpha value is -2.28. The quantitative estimate of drug-likeness (QED) is 0.838. The van der Waals surface area contributed by atoms with Gasteiger partial charge in [-0.15, -0.1) is 10.2 Å². The lowest BCUT2D eigenvalue weighted by Gasteiger charge is -2.12. The maximum atomic E-state index is 12.4. The number of hydrogen-bond acceptors (Lipinski definition) is 5. The molecule has 2 aliphatic rings. The van der Waals surface area contributed by atoms with E-state index >= 15 is 0 Å². The van der Waals surface area contributed by atoms with Crippen LogP contribution in [0.1, 0.15) is 40.8 Å². The smallest absolute Gasteiger partial charge is 0.314 e. The van der Waals surface area contributed by atoms with Crippen LogP contribution in [0.5, 0.6) is 0 Å². The van der Waals surface area contributed by atoms with Gasteiger partial charge in [-0.2, -0.15) is 0 Å². The molecule has 6 nitrogen and oxygen atoms in total. The lowest BCUT2D eigenvalue weighted by molar-refractivity contribution is -0.141. The number of rotatable bonds is 6. The highest BCUT2D eigenvalue weighted by Crippen LogP contribution is 2.54. The lowest BCUT2D eigenvalue weighted by atomic mass is 9.93. The number of carbonyl (C=O) groups is 2. The molecule has 1 heterocycles. The molecule has 0 saturated heterocycles. The van der Waals surface area contributed by atoms with E-state index in [2.05, 4.69) is 15.5 Å². The van der Waals surface area contributed by atoms with Crippen molar-refractivity contribution in [3.05, 3.63) is 45.9 Å². The van der Waals surface area contributed by atoms with Gasteiger partial charge in [0.05, 0.1) is 12.5 Å². The summed E-state index contributed by atoms with van der Waals surface area (Å²) in [7, 11) is 0. The Kier molecular flexibility index (Phi) is 3.60. The number of aromatic nitrogens is 2. The third-order valence-electron chi connectivity index (χ3n) is 4.77. The van der Waals surface area contributed by atoms with Crippen LogP contribution in [0.2, 0.25) is 0 Å². The van der Waals surface area contributed by atoms with E-state index < -0.39 is 17.3 Å². The maximum Gasteiger partial charge on any atom is 0.314 e. The lowest BCUT2D eigenvalue weighted by Crippen LogP contribution is -2.31. The molecule has 0 spiro atoms. The number of nitrogens with one attached hydrogen (secondary N) is 1. The van der Waals surface area contributed by atoms with Gasteiger partial charge in [-0.25, -0.2) is 0 Å². The van der Waals surface area contributed by atoms with Gasteiger partial charge in [0.25, 0.3) is 0 Å². The number of benzene rings is 1. The van der Waals surface area contributed by atoms with Crippen molar-refractivity contribution in [2.45, 2.75) is 37.1 Å². The van der Waals surface area contributed by atoms with Crippen LogP contribution in [0, 0.1) is 5.92 Å². The Labute approximate surface area is 142 Å². The van der Waals surface area contributed by atoms with Gasteiger partial charge in [-0.1, -0.05) is 41.7 Å². The third-order valence-corrected chi connectivity index (χ3v) is 5.86. The molecule has 2 atom stereocenters. The molecule has 24 heavy (non-hydrogen) atoms. The molecule has 2 aromatic rings. The summed E-state index contributed by atoms with van der Waals surface area (Å²) in [6.07, 6.45) is 2.67. The molecule has 124 valence electrons. The van der Waals surface area contributed by atoms with Gasteiger partial charge in [0.2, 0.25) is 5.91 Å². The van der Waals surface area contributed by atoms with Crippen molar-refractivity contribution in [3.8, 4) is 0 Å². The van der Waals surface area contributed by atoms with Gasteiger partial charge in [0, 0.05) is 5.92 Å². The van der Waals surface area contributed by atoms with E-state index in [1.54, 1.807) is 24.3 Å². The number of hydrogen-bond donors (Lipinski definition) is 2. The number of nitrogens with zero attached hydrogens (tertiary/aromatic N) is 2. The first-order valence-electron chi connectivity index (χ1n) is 8.00. The molecule has 0 radical (unpaired) electrons. The Morgan fingerprint density at radius 2 is 2.00 bits per heavy atom. The molecule has 0 unspecified atom stereocenters. The number of carboxylic acids is 1. The fraction of sp³-hybridized carbons (Fsp3) is 0.412. The number of carbonyl (C=O) groups excluding carboxylic acids is 1. The molecular weight excluding hydrogens is 326 g/mol. The van der Waals surface area contributed by atoms with E-state index in [-0.39, 0.29) is 5.91 Å². The highest BCUT2D eigenvalue weighted by molar-refractivity contribution is 7.11. The predicted octanol–water partition coefficient (Wildman–Crippen LogP) is 2.07. The van der Waals surface area contributed by atoms with E-state index in [1.807, 2.05) is 6.07 Å². The first-order valence-corrected chi connectivity index (χ1v) is 8.82. The highest BCUT2D eigenvalue weighted by atomic mass is 32.1. The van der Waals surface area contributed by atoms with Gasteiger partial charge in [0.15, 0.2) is 0 Å². The molecule has 2 fully saturated rings. The zero-order valence-electron chi connectivity index (χ0n) is 12.9. The minimum absolute atomic E-state index is 0.232. The van der Waals surface area contributed by atoms with Crippen LogP contribution < -0.4 is 5.32 Å². The summed E-state index contributed by atoms with van der Waals surface area (Å²) in [6.45, 7) is 0.310. The molecule has 1 aromatic carbocycles. The summed E-state index contributed by atoms with van der Waals surface area (Å²) >= 11 is 1.53. The van der Waals surface area contributed by atoms with Crippen molar-refractivity contribution >= 4 is 23.2 Å². The van der Waals surface area contributed by atoms with Gasteiger partial charge >= 0.3 is 5.97 Å². The Bertz CT molecular complexity index is 787. The number of carboxylic acid groups (broad SMARTS) is 1. The van der Waals surface area contributed by atoms with E-state index in [4.69, 9.17) is 0 Å². The summed E-state index contributed by atoms with van der Waals surface area (Å²) < 4.78 is 0. The van der Waals surface area contributed by atoms with Crippen LogP contribution >= 0.6 is 11.3 Å². The largest absolute Gasteiger partial charge is 0.481 e. The van der Waals surface area contributed by atoms with Crippen molar-refractivity contribution < 1.29 is 14.7 Å². The second-order valence-corrected chi connectivity index (χ2v) is 7.52. The molecule has 2 N–H and O–H groups in total. The first kappa shape index (κ1) is 15.3. The van der Waals surface area contributed by atoms with Crippen molar-refractivity contribution in [2.75, 3.05) is 0 Å². The van der Waals surface area contributed by atoms with E-state index in [9.17, 15) is 14.7 Å². The minimum Gasteiger partial charge on any atom is -0.481 e. The molecule has 7 heteroatoms. The molecule has 4 rings (SSSR count). The second-order valence-electron chi connectivity index (χ2n) is 6.43.